The molecule has 152 valence electrons. The molecule has 1 saturated carbocycles. The van der Waals surface area contributed by atoms with Gasteiger partial charge in [-0.3, -0.25) is 19.7 Å². The highest BCUT2D eigenvalue weighted by molar-refractivity contribution is 5.96. The Kier molecular flexibility index (Phi) is 6.43. The van der Waals surface area contributed by atoms with Crippen molar-refractivity contribution in [1.82, 2.24) is 5.32 Å². The van der Waals surface area contributed by atoms with Crippen molar-refractivity contribution in [3.05, 3.63) is 69.8 Å². The zero-order chi connectivity index (χ0) is 20.8. The highest BCUT2D eigenvalue weighted by atomic mass is 16.6. The molecule has 2 aromatic carbocycles. The summed E-state index contributed by atoms with van der Waals surface area (Å²) in [5, 5.41) is 26.5. The smallest absolute Gasteiger partial charge is 0.303 e. The van der Waals surface area contributed by atoms with Crippen LogP contribution in [-0.2, 0) is 11.2 Å². The number of anilines is 1. The second kappa shape index (κ2) is 9.18. The predicted molar refractivity (Wildman–Crippen MR) is 108 cm³/mol. The number of nitro groups is 1. The summed E-state index contributed by atoms with van der Waals surface area (Å²) in [6.07, 6.45) is 2.64. The molecule has 1 aliphatic carbocycles. The van der Waals surface area contributed by atoms with Gasteiger partial charge >= 0.3 is 5.97 Å². The molecule has 2 aromatic rings. The zero-order valence-corrected chi connectivity index (χ0v) is 15.8. The first-order chi connectivity index (χ1) is 13.9. The molecule has 1 fully saturated rings. The molecule has 1 unspecified atom stereocenters. The molecule has 8 heteroatoms. The van der Waals surface area contributed by atoms with Gasteiger partial charge in [0.2, 0.25) is 0 Å². The molecule has 1 amide bonds. The van der Waals surface area contributed by atoms with E-state index in [1.807, 2.05) is 30.3 Å². The third-order valence-corrected chi connectivity index (χ3v) is 4.76. The van der Waals surface area contributed by atoms with Crippen LogP contribution in [0.2, 0.25) is 0 Å². The Bertz CT molecular complexity index is 896. The number of hydrogen-bond acceptors (Lipinski definition) is 5. The van der Waals surface area contributed by atoms with Gasteiger partial charge in [0, 0.05) is 30.1 Å². The van der Waals surface area contributed by atoms with E-state index in [2.05, 4.69) is 10.6 Å². The summed E-state index contributed by atoms with van der Waals surface area (Å²) in [6.45, 7) is 0. The van der Waals surface area contributed by atoms with Crippen molar-refractivity contribution >= 4 is 23.3 Å². The number of nitrogens with one attached hydrogen (secondary N) is 2. The molecule has 0 heterocycles. The zero-order valence-electron chi connectivity index (χ0n) is 15.8. The lowest BCUT2D eigenvalue weighted by Crippen LogP contribution is -2.26. The monoisotopic (exact) mass is 397 g/mol. The maximum absolute atomic E-state index is 12.2. The van der Waals surface area contributed by atoms with Crippen molar-refractivity contribution in [2.45, 2.75) is 44.2 Å². The molecule has 0 spiro atoms. The maximum Gasteiger partial charge on any atom is 0.303 e. The summed E-state index contributed by atoms with van der Waals surface area (Å²) < 4.78 is 0. The van der Waals surface area contributed by atoms with Crippen molar-refractivity contribution in [3.63, 3.8) is 0 Å². The molecule has 0 aliphatic heterocycles. The summed E-state index contributed by atoms with van der Waals surface area (Å²) >= 11 is 0. The maximum atomic E-state index is 12.2. The lowest BCUT2D eigenvalue weighted by molar-refractivity contribution is -0.384. The SMILES string of the molecule is O=C(O)CCC(Cc1ccccc1)Nc1ccc(C(=O)NC2CC2)cc1[N+](=O)[O-]. The van der Waals surface area contributed by atoms with Crippen molar-refractivity contribution < 1.29 is 19.6 Å². The fraction of sp³-hybridized carbons (Fsp3) is 0.333. The number of carboxylic acid groups (broad SMARTS) is 1. The first-order valence-corrected chi connectivity index (χ1v) is 9.54. The Labute approximate surface area is 168 Å². The Morgan fingerprint density at radius 2 is 1.90 bits per heavy atom. The number of nitrogens with zero attached hydrogens (tertiary/aromatic N) is 1. The Balaban J connectivity index is 1.79. The summed E-state index contributed by atoms with van der Waals surface area (Å²) in [5.74, 6) is -1.25. The van der Waals surface area contributed by atoms with Crippen LogP contribution in [0.4, 0.5) is 11.4 Å². The van der Waals surface area contributed by atoms with Crippen LogP contribution in [-0.4, -0.2) is 34.0 Å². The molecular formula is C21H23N3O5. The fourth-order valence-electron chi connectivity index (χ4n) is 3.08. The van der Waals surface area contributed by atoms with E-state index in [0.29, 0.717) is 12.8 Å². The van der Waals surface area contributed by atoms with Gasteiger partial charge in [-0.05, 0) is 43.4 Å². The summed E-state index contributed by atoms with van der Waals surface area (Å²) in [7, 11) is 0. The number of carbonyl (C=O) groups excluding carboxylic acids is 1. The van der Waals surface area contributed by atoms with Gasteiger partial charge in [0.25, 0.3) is 11.6 Å². The summed E-state index contributed by atoms with van der Waals surface area (Å²) in [5.41, 5.74) is 1.30. The molecular weight excluding hydrogens is 374 g/mol. The van der Waals surface area contributed by atoms with E-state index in [0.717, 1.165) is 18.4 Å². The molecule has 8 nitrogen and oxygen atoms in total. The topological polar surface area (TPSA) is 122 Å². The average molecular weight is 397 g/mol. The lowest BCUT2D eigenvalue weighted by Gasteiger charge is -2.20. The Morgan fingerprint density at radius 1 is 1.17 bits per heavy atom. The largest absolute Gasteiger partial charge is 0.481 e. The number of amides is 1. The van der Waals surface area contributed by atoms with E-state index in [4.69, 9.17) is 5.11 Å². The second-order valence-electron chi connectivity index (χ2n) is 7.20. The van der Waals surface area contributed by atoms with Gasteiger partial charge in [0.1, 0.15) is 5.69 Å². The first kappa shape index (κ1) is 20.3. The predicted octanol–water partition coefficient (Wildman–Crippen LogP) is 3.38. The van der Waals surface area contributed by atoms with Crippen LogP contribution in [0.15, 0.2) is 48.5 Å². The normalized spacial score (nSPS) is 14.1. The lowest BCUT2D eigenvalue weighted by atomic mass is 10.0. The van der Waals surface area contributed by atoms with Crippen molar-refractivity contribution in [2.24, 2.45) is 0 Å². The van der Waals surface area contributed by atoms with E-state index in [1.165, 1.54) is 12.1 Å². The van der Waals surface area contributed by atoms with E-state index in [-0.39, 0.29) is 41.3 Å². The van der Waals surface area contributed by atoms with Gasteiger partial charge in [-0.25, -0.2) is 0 Å². The minimum atomic E-state index is -0.925. The summed E-state index contributed by atoms with van der Waals surface area (Å²) in [4.78, 5) is 34.3. The molecule has 0 aromatic heterocycles. The van der Waals surface area contributed by atoms with Crippen LogP contribution in [0.25, 0.3) is 0 Å². The fourth-order valence-corrected chi connectivity index (χ4v) is 3.08. The van der Waals surface area contributed by atoms with E-state index < -0.39 is 10.9 Å². The Hall–Kier alpha value is -3.42. The molecule has 0 radical (unpaired) electrons. The van der Waals surface area contributed by atoms with Gasteiger partial charge in [0.15, 0.2) is 0 Å². The van der Waals surface area contributed by atoms with Gasteiger partial charge in [0.05, 0.1) is 4.92 Å². The van der Waals surface area contributed by atoms with Crippen LogP contribution in [0.1, 0.15) is 41.6 Å². The van der Waals surface area contributed by atoms with Crippen molar-refractivity contribution in [2.75, 3.05) is 5.32 Å². The van der Waals surface area contributed by atoms with Gasteiger partial charge in [-0.15, -0.1) is 0 Å². The highest BCUT2D eigenvalue weighted by Gasteiger charge is 2.26. The van der Waals surface area contributed by atoms with Crippen molar-refractivity contribution in [3.8, 4) is 0 Å². The average Bonchev–Trinajstić information content (AvgIpc) is 3.51. The van der Waals surface area contributed by atoms with Gasteiger partial charge in [-0.2, -0.15) is 0 Å². The van der Waals surface area contributed by atoms with Crippen molar-refractivity contribution in [1.29, 1.82) is 0 Å². The van der Waals surface area contributed by atoms with Crippen LogP contribution in [0.5, 0.6) is 0 Å². The third kappa shape index (κ3) is 6.03. The molecule has 0 saturated heterocycles. The standard InChI is InChI=1S/C21H23N3O5/c25-20(26)11-9-17(12-14-4-2-1-3-5-14)22-18-10-6-15(13-19(18)24(28)29)21(27)23-16-7-8-16/h1-6,10,13,16-17,22H,7-9,11-12H2,(H,23,27)(H,25,26). The molecule has 1 aliphatic rings. The number of benzene rings is 2. The number of carboxylic acids is 1. The van der Waals surface area contributed by atoms with Crippen LogP contribution >= 0.6 is 0 Å². The van der Waals surface area contributed by atoms with Crippen LogP contribution in [0, 0.1) is 10.1 Å². The number of carbonyl (C=O) groups is 2. The van der Waals surface area contributed by atoms with Crippen LogP contribution < -0.4 is 10.6 Å². The first-order valence-electron chi connectivity index (χ1n) is 9.54. The van der Waals surface area contributed by atoms with E-state index in [9.17, 15) is 19.7 Å². The van der Waals surface area contributed by atoms with E-state index in [1.54, 1.807) is 6.07 Å². The number of aliphatic carboxylic acids is 1. The molecule has 1 atom stereocenters. The molecule has 3 N–H and O–H groups in total. The molecule has 0 bridgehead atoms. The number of hydrogen-bond donors (Lipinski definition) is 3. The molecule has 29 heavy (non-hydrogen) atoms. The number of rotatable bonds is 10. The highest BCUT2D eigenvalue weighted by Crippen LogP contribution is 2.28. The minimum absolute atomic E-state index is 0.0554. The van der Waals surface area contributed by atoms with Gasteiger partial charge < -0.3 is 15.7 Å². The summed E-state index contributed by atoms with van der Waals surface area (Å²) in [6, 6.07) is 13.7. The number of nitro benzene ring substituents is 1. The van der Waals surface area contributed by atoms with E-state index >= 15 is 0 Å². The third-order valence-electron chi connectivity index (χ3n) is 4.76. The Morgan fingerprint density at radius 3 is 2.52 bits per heavy atom. The van der Waals surface area contributed by atoms with Crippen LogP contribution in [0.3, 0.4) is 0 Å². The molecule has 3 rings (SSSR count). The van der Waals surface area contributed by atoms with Gasteiger partial charge in [-0.1, -0.05) is 30.3 Å². The second-order valence-corrected chi connectivity index (χ2v) is 7.20. The minimum Gasteiger partial charge on any atom is -0.481 e. The quantitative estimate of drug-likeness (QED) is 0.417.